The zero-order valence-electron chi connectivity index (χ0n) is 25.0. The van der Waals surface area contributed by atoms with Crippen molar-refractivity contribution in [1.29, 1.82) is 0 Å². The number of rotatable bonds is 2. The van der Waals surface area contributed by atoms with Crippen LogP contribution in [0.25, 0.3) is 11.1 Å². The average Bonchev–Trinajstić information content (AvgIpc) is 3.01. The molecule has 3 amide bonds. The summed E-state index contributed by atoms with van der Waals surface area (Å²) in [5, 5.41) is 18.8. The van der Waals surface area contributed by atoms with Crippen LogP contribution in [0.1, 0.15) is 55.6 Å². The van der Waals surface area contributed by atoms with E-state index in [9.17, 15) is 19.5 Å². The van der Waals surface area contributed by atoms with Crippen molar-refractivity contribution in [3.8, 4) is 11.1 Å². The zero-order chi connectivity index (χ0) is 32.6. The molecule has 3 aliphatic rings. The van der Waals surface area contributed by atoms with Crippen LogP contribution < -0.4 is 16.0 Å². The van der Waals surface area contributed by atoms with E-state index in [1.807, 2.05) is 0 Å². The van der Waals surface area contributed by atoms with Crippen LogP contribution in [0, 0.1) is 11.6 Å². The molecule has 4 N–H and O–H groups in total. The smallest absolute Gasteiger partial charge is 0.412 e. The maximum Gasteiger partial charge on any atom is 0.412 e. The summed E-state index contributed by atoms with van der Waals surface area (Å²) in [6, 6.07) is 12.2. The Kier molecular flexibility index (Phi) is 8.75. The minimum absolute atomic E-state index is 0.0936. The summed E-state index contributed by atoms with van der Waals surface area (Å²) < 4.78 is 41.2. The van der Waals surface area contributed by atoms with Crippen molar-refractivity contribution in [2.24, 2.45) is 0 Å². The summed E-state index contributed by atoms with van der Waals surface area (Å²) in [6.07, 6.45) is 0.178. The van der Waals surface area contributed by atoms with E-state index in [1.54, 1.807) is 29.2 Å². The lowest BCUT2D eigenvalue weighted by Crippen LogP contribution is -2.54. The fourth-order valence-electron chi connectivity index (χ4n) is 6.68. The number of methoxy groups -OCH3 is 1. The van der Waals surface area contributed by atoms with Gasteiger partial charge >= 0.3 is 12.2 Å². The van der Waals surface area contributed by atoms with Crippen molar-refractivity contribution in [2.75, 3.05) is 36.1 Å². The third-order valence-corrected chi connectivity index (χ3v) is 9.06. The molecule has 1 saturated heterocycles. The number of hydrogen-bond donors (Lipinski definition) is 4. The van der Waals surface area contributed by atoms with Crippen LogP contribution in [-0.4, -0.2) is 54.5 Å². The molecule has 242 valence electrons. The summed E-state index contributed by atoms with van der Waals surface area (Å²) >= 11 is 6.12. The number of halogens is 3. The lowest BCUT2D eigenvalue weighted by atomic mass is 9.82. The molecule has 3 aromatic carbocycles. The van der Waals surface area contributed by atoms with Crippen molar-refractivity contribution in [1.82, 2.24) is 4.90 Å². The molecule has 13 heteroatoms. The Morgan fingerprint density at radius 3 is 2.70 bits per heavy atom. The Morgan fingerprint density at radius 2 is 1.89 bits per heavy atom. The topological polar surface area (TPSA) is 129 Å². The largest absolute Gasteiger partial charge is 0.453 e. The molecule has 2 bridgehead atoms. The molecule has 1 unspecified atom stereocenters. The molecule has 10 nitrogen and oxygen atoms in total. The summed E-state index contributed by atoms with van der Waals surface area (Å²) in [5.41, 5.74) is 1.21. The molecule has 0 saturated carbocycles. The van der Waals surface area contributed by atoms with Gasteiger partial charge in [0.25, 0.3) is 0 Å². The number of piperidine rings is 1. The van der Waals surface area contributed by atoms with Crippen LogP contribution in [0.4, 0.5) is 35.4 Å². The predicted octanol–water partition coefficient (Wildman–Crippen LogP) is 6.93. The van der Waals surface area contributed by atoms with Gasteiger partial charge in [0.2, 0.25) is 5.91 Å². The van der Waals surface area contributed by atoms with Crippen LogP contribution in [-0.2, 0) is 19.9 Å². The number of hydrogen-bond acceptors (Lipinski definition) is 7. The van der Waals surface area contributed by atoms with E-state index in [-0.39, 0.29) is 35.1 Å². The molecular formula is C33H33ClF2N4O6. The number of benzene rings is 3. The number of likely N-dealkylation sites (tertiary alicyclic amines) is 1. The van der Waals surface area contributed by atoms with E-state index in [4.69, 9.17) is 16.3 Å². The number of amides is 3. The first-order chi connectivity index (χ1) is 22.1. The Hall–Kier alpha value is -4.42. The molecule has 3 heterocycles. The highest BCUT2D eigenvalue weighted by Crippen LogP contribution is 2.46. The number of nitrogens with one attached hydrogen (secondary N) is 3. The van der Waals surface area contributed by atoms with Gasteiger partial charge in [-0.05, 0) is 79.6 Å². The molecule has 0 aliphatic carbocycles. The van der Waals surface area contributed by atoms with E-state index in [1.165, 1.54) is 31.4 Å². The Balaban J connectivity index is 1.37. The summed E-state index contributed by atoms with van der Waals surface area (Å²) in [7, 11) is 1.24. The highest BCUT2D eigenvalue weighted by Gasteiger charge is 2.49. The van der Waals surface area contributed by atoms with Crippen molar-refractivity contribution >= 4 is 46.8 Å². The third-order valence-electron chi connectivity index (χ3n) is 8.77. The number of ether oxygens (including phenoxy) is 2. The van der Waals surface area contributed by atoms with Crippen LogP contribution in [0.15, 0.2) is 48.5 Å². The van der Waals surface area contributed by atoms with Gasteiger partial charge in [-0.2, -0.15) is 0 Å². The molecule has 46 heavy (non-hydrogen) atoms. The van der Waals surface area contributed by atoms with E-state index >= 15 is 8.78 Å². The first-order valence-corrected chi connectivity index (χ1v) is 15.5. The summed E-state index contributed by atoms with van der Waals surface area (Å²) in [5.74, 6) is -2.34. The predicted molar refractivity (Wildman–Crippen MR) is 168 cm³/mol. The molecule has 3 aromatic rings. The van der Waals surface area contributed by atoms with Gasteiger partial charge in [-0.15, -0.1) is 0 Å². The molecular weight excluding hydrogens is 622 g/mol. The zero-order valence-corrected chi connectivity index (χ0v) is 25.8. The van der Waals surface area contributed by atoms with E-state index in [0.29, 0.717) is 66.7 Å². The molecule has 1 spiro atoms. The van der Waals surface area contributed by atoms with Crippen LogP contribution in [0.2, 0.25) is 5.02 Å². The molecule has 1 fully saturated rings. The normalized spacial score (nSPS) is 22.5. The van der Waals surface area contributed by atoms with Crippen LogP contribution in [0.5, 0.6) is 0 Å². The highest BCUT2D eigenvalue weighted by atomic mass is 35.5. The number of aliphatic hydroxyl groups is 1. The number of carbonyl (C=O) groups excluding carboxylic acids is 3. The van der Waals surface area contributed by atoms with Gasteiger partial charge in [0.15, 0.2) is 11.4 Å². The number of anilines is 3. The molecule has 0 radical (unpaired) electrons. The Morgan fingerprint density at radius 1 is 1.09 bits per heavy atom. The molecule has 0 aromatic heterocycles. The highest BCUT2D eigenvalue weighted by molar-refractivity contribution is 6.31. The SMILES string of the molecule is COC(=O)Nc1ccc2c(c1)NC(O)CCCC[C@H](C(=O)N1CCC[C@@]3(C1)OC(=O)Nc1ccc(Cl)c(F)c13)c1cc(F)cc-2c1. The van der Waals surface area contributed by atoms with Crippen molar-refractivity contribution in [3.63, 3.8) is 0 Å². The maximum atomic E-state index is 15.5. The van der Waals surface area contributed by atoms with E-state index in [0.717, 1.165) is 0 Å². The Bertz CT molecular complexity index is 1710. The van der Waals surface area contributed by atoms with Crippen LogP contribution in [0.3, 0.4) is 0 Å². The van der Waals surface area contributed by atoms with Gasteiger partial charge in [0.05, 0.1) is 35.8 Å². The van der Waals surface area contributed by atoms with Gasteiger partial charge in [0.1, 0.15) is 12.0 Å². The second kappa shape index (κ2) is 12.8. The van der Waals surface area contributed by atoms with Crippen molar-refractivity contribution < 1.29 is 37.7 Å². The summed E-state index contributed by atoms with van der Waals surface area (Å²) in [4.78, 5) is 40.3. The first kappa shape index (κ1) is 31.6. The monoisotopic (exact) mass is 654 g/mol. The Labute approximate surface area is 269 Å². The fraction of sp³-hybridized carbons (Fsp3) is 0.364. The second-order valence-electron chi connectivity index (χ2n) is 11.8. The quantitative estimate of drug-likeness (QED) is 0.236. The molecule has 3 aliphatic heterocycles. The minimum Gasteiger partial charge on any atom is -0.453 e. The van der Waals surface area contributed by atoms with Gasteiger partial charge < -0.3 is 24.8 Å². The number of carbonyl (C=O) groups is 3. The van der Waals surface area contributed by atoms with Gasteiger partial charge in [-0.3, -0.25) is 15.4 Å². The fourth-order valence-corrected chi connectivity index (χ4v) is 6.84. The van der Waals surface area contributed by atoms with Gasteiger partial charge in [-0.1, -0.05) is 30.2 Å². The van der Waals surface area contributed by atoms with Crippen molar-refractivity contribution in [2.45, 2.75) is 56.3 Å². The lowest BCUT2D eigenvalue weighted by molar-refractivity contribution is -0.141. The van der Waals surface area contributed by atoms with E-state index in [2.05, 4.69) is 20.7 Å². The standard InChI is InChI=1S/C33H33ClF2N4O6/c1-45-31(43)37-21-7-8-22-18-13-19(15-20(35)14-18)23(5-2-3-6-27(41)38-26(22)16-21)30(42)40-12-4-11-33(17-40)28-25(39-32(44)46-33)10-9-24(34)29(28)36/h7-10,13-16,23,27,38,41H,2-6,11-12,17H2,1H3,(H,37,43)(H,39,44)/t23-,27?,33-/m0/s1. The number of fused-ring (bicyclic) bond motifs is 6. The number of nitrogens with zero attached hydrogens (tertiary/aromatic N) is 1. The lowest BCUT2D eigenvalue weighted by Gasteiger charge is -2.45. The van der Waals surface area contributed by atoms with Gasteiger partial charge in [-0.25, -0.2) is 18.4 Å². The van der Waals surface area contributed by atoms with Crippen LogP contribution >= 0.6 is 11.6 Å². The average molecular weight is 655 g/mol. The minimum atomic E-state index is -1.44. The number of aliphatic hydroxyl groups excluding tert-OH is 1. The third kappa shape index (κ3) is 6.19. The van der Waals surface area contributed by atoms with Gasteiger partial charge in [0, 0.05) is 23.5 Å². The van der Waals surface area contributed by atoms with E-state index < -0.39 is 41.6 Å². The first-order valence-electron chi connectivity index (χ1n) is 15.1. The molecule has 3 atom stereocenters. The second-order valence-corrected chi connectivity index (χ2v) is 12.2. The summed E-state index contributed by atoms with van der Waals surface area (Å²) in [6.45, 7) is 0.243. The maximum absolute atomic E-state index is 15.5. The molecule has 6 rings (SSSR count). The van der Waals surface area contributed by atoms with Crippen molar-refractivity contribution in [3.05, 3.63) is 76.3 Å².